The predicted molar refractivity (Wildman–Crippen MR) is 92.7 cm³/mol. The third-order valence-corrected chi connectivity index (χ3v) is 5.98. The molecule has 1 unspecified atom stereocenters. The van der Waals surface area contributed by atoms with Crippen LogP contribution in [0.3, 0.4) is 0 Å². The number of amides is 1. The predicted octanol–water partition coefficient (Wildman–Crippen LogP) is 2.65. The van der Waals surface area contributed by atoms with Gasteiger partial charge in [-0.25, -0.2) is 4.98 Å². The van der Waals surface area contributed by atoms with Crippen LogP contribution in [0.2, 0.25) is 0 Å². The Morgan fingerprint density at radius 2 is 2.00 bits per heavy atom. The van der Waals surface area contributed by atoms with E-state index in [9.17, 15) is 9.90 Å². The minimum Gasteiger partial charge on any atom is -0.393 e. The van der Waals surface area contributed by atoms with Crippen molar-refractivity contribution < 1.29 is 9.90 Å². The molecule has 1 atom stereocenters. The molecule has 3 rings (SSSR count). The molecule has 6 heteroatoms. The van der Waals surface area contributed by atoms with Crippen LogP contribution in [0.15, 0.2) is 11.6 Å². The Morgan fingerprint density at radius 1 is 1.30 bits per heavy atom. The van der Waals surface area contributed by atoms with Crippen molar-refractivity contribution >= 4 is 22.4 Å². The van der Waals surface area contributed by atoms with Crippen molar-refractivity contribution in [1.29, 1.82) is 0 Å². The van der Waals surface area contributed by atoms with Gasteiger partial charge in [0, 0.05) is 30.7 Å². The molecule has 0 aromatic carbocycles. The lowest BCUT2D eigenvalue weighted by Gasteiger charge is -2.39. The first-order chi connectivity index (χ1) is 11.2. The Hall–Kier alpha value is -0.980. The maximum Gasteiger partial charge on any atom is 0.246 e. The molecule has 1 saturated carbocycles. The van der Waals surface area contributed by atoms with E-state index in [-0.39, 0.29) is 18.1 Å². The molecule has 2 fully saturated rings. The van der Waals surface area contributed by atoms with Crippen LogP contribution in [0.25, 0.3) is 0 Å². The highest BCUT2D eigenvalue weighted by Gasteiger charge is 2.34. The lowest BCUT2D eigenvalue weighted by molar-refractivity contribution is -0.124. The number of hydrogen-bond acceptors (Lipinski definition) is 5. The van der Waals surface area contributed by atoms with Gasteiger partial charge in [0.25, 0.3) is 0 Å². The first-order valence-electron chi connectivity index (χ1n) is 8.81. The quantitative estimate of drug-likeness (QED) is 0.918. The summed E-state index contributed by atoms with van der Waals surface area (Å²) in [6.07, 6.45) is 8.93. The zero-order valence-corrected chi connectivity index (χ0v) is 14.7. The van der Waals surface area contributed by atoms with Crippen LogP contribution in [0, 0.1) is 0 Å². The topological polar surface area (TPSA) is 56.7 Å². The zero-order chi connectivity index (χ0) is 16.2. The Balaban J connectivity index is 1.74. The Kier molecular flexibility index (Phi) is 5.67. The maximum absolute atomic E-state index is 13.2. The van der Waals surface area contributed by atoms with E-state index < -0.39 is 0 Å². The third-order valence-electron chi connectivity index (χ3n) is 5.21. The van der Waals surface area contributed by atoms with Crippen LogP contribution < -0.4 is 4.90 Å². The minimum atomic E-state index is -0.207. The molecule has 1 N–H and O–H groups in total. The number of aliphatic hydroxyl groups is 1. The minimum absolute atomic E-state index is 0.145. The fraction of sp³-hybridized carbons (Fsp3) is 0.765. The van der Waals surface area contributed by atoms with Gasteiger partial charge in [-0.1, -0.05) is 19.3 Å². The SMILES string of the molecule is CC(C(=O)N(c1nccs1)C1CCCCC1)N1CCC(O)CC1. The second-order valence-electron chi connectivity index (χ2n) is 6.76. The number of aromatic nitrogens is 1. The highest BCUT2D eigenvalue weighted by Crippen LogP contribution is 2.30. The highest BCUT2D eigenvalue weighted by molar-refractivity contribution is 7.13. The number of hydrogen-bond donors (Lipinski definition) is 1. The number of anilines is 1. The number of carbonyl (C=O) groups excluding carboxylic acids is 1. The van der Waals surface area contributed by atoms with E-state index in [0.717, 1.165) is 43.9 Å². The first kappa shape index (κ1) is 16.9. The second-order valence-corrected chi connectivity index (χ2v) is 7.63. The van der Waals surface area contributed by atoms with Gasteiger partial charge in [0.2, 0.25) is 5.91 Å². The molecular formula is C17H27N3O2S. The molecular weight excluding hydrogens is 310 g/mol. The monoisotopic (exact) mass is 337 g/mol. The van der Waals surface area contributed by atoms with Gasteiger partial charge in [0.05, 0.1) is 12.1 Å². The van der Waals surface area contributed by atoms with Gasteiger partial charge in [0.1, 0.15) is 0 Å². The fourth-order valence-corrected chi connectivity index (χ4v) is 4.45. The van der Waals surface area contributed by atoms with E-state index in [1.54, 1.807) is 17.5 Å². The molecule has 1 aromatic heterocycles. The summed E-state index contributed by atoms with van der Waals surface area (Å²) in [5.74, 6) is 0.170. The summed E-state index contributed by atoms with van der Waals surface area (Å²) in [4.78, 5) is 21.8. The Morgan fingerprint density at radius 3 is 2.61 bits per heavy atom. The summed E-state index contributed by atoms with van der Waals surface area (Å²) >= 11 is 1.55. The molecule has 1 saturated heterocycles. The van der Waals surface area contributed by atoms with E-state index in [4.69, 9.17) is 0 Å². The van der Waals surface area contributed by atoms with Gasteiger partial charge in [-0.15, -0.1) is 11.3 Å². The Bertz CT molecular complexity index is 494. The van der Waals surface area contributed by atoms with E-state index in [0.29, 0.717) is 6.04 Å². The van der Waals surface area contributed by atoms with Crippen molar-refractivity contribution in [3.8, 4) is 0 Å². The van der Waals surface area contributed by atoms with Gasteiger partial charge in [-0.05, 0) is 32.6 Å². The van der Waals surface area contributed by atoms with Gasteiger partial charge in [-0.2, -0.15) is 0 Å². The van der Waals surface area contributed by atoms with Crippen molar-refractivity contribution in [3.63, 3.8) is 0 Å². The van der Waals surface area contributed by atoms with Gasteiger partial charge in [-0.3, -0.25) is 14.6 Å². The Labute approximate surface area is 142 Å². The summed E-state index contributed by atoms with van der Waals surface area (Å²) < 4.78 is 0. The number of carbonyl (C=O) groups is 1. The number of likely N-dealkylation sites (tertiary alicyclic amines) is 1. The lowest BCUT2D eigenvalue weighted by Crippen LogP contribution is -2.53. The third kappa shape index (κ3) is 3.92. The van der Waals surface area contributed by atoms with Gasteiger partial charge in [0.15, 0.2) is 5.13 Å². The number of thiazole rings is 1. The summed E-state index contributed by atoms with van der Waals surface area (Å²) in [5.41, 5.74) is 0. The van der Waals surface area contributed by atoms with Crippen LogP contribution in [0.4, 0.5) is 5.13 Å². The summed E-state index contributed by atoms with van der Waals surface area (Å²) in [5, 5.41) is 12.5. The number of rotatable bonds is 4. The van der Waals surface area contributed by atoms with Crippen LogP contribution in [0.5, 0.6) is 0 Å². The van der Waals surface area contributed by atoms with E-state index >= 15 is 0 Å². The molecule has 128 valence electrons. The second kappa shape index (κ2) is 7.73. The van der Waals surface area contributed by atoms with E-state index in [1.807, 2.05) is 17.2 Å². The van der Waals surface area contributed by atoms with Crippen molar-refractivity contribution in [2.75, 3.05) is 18.0 Å². The molecule has 1 amide bonds. The molecule has 23 heavy (non-hydrogen) atoms. The molecule has 0 radical (unpaired) electrons. The maximum atomic E-state index is 13.2. The van der Waals surface area contributed by atoms with Gasteiger partial charge >= 0.3 is 0 Å². The summed E-state index contributed by atoms with van der Waals surface area (Å²) in [7, 11) is 0. The first-order valence-corrected chi connectivity index (χ1v) is 9.69. The van der Waals surface area contributed by atoms with Gasteiger partial charge < -0.3 is 5.11 Å². The average Bonchev–Trinajstić information content (AvgIpc) is 3.10. The summed E-state index contributed by atoms with van der Waals surface area (Å²) in [6.45, 7) is 3.60. The largest absolute Gasteiger partial charge is 0.393 e. The summed E-state index contributed by atoms with van der Waals surface area (Å²) in [6, 6.07) is 0.147. The highest BCUT2D eigenvalue weighted by atomic mass is 32.1. The van der Waals surface area contributed by atoms with Crippen LogP contribution in [0.1, 0.15) is 51.9 Å². The smallest absolute Gasteiger partial charge is 0.246 e. The van der Waals surface area contributed by atoms with Crippen LogP contribution >= 0.6 is 11.3 Å². The fourth-order valence-electron chi connectivity index (χ4n) is 3.74. The van der Waals surface area contributed by atoms with Crippen molar-refractivity contribution in [2.24, 2.45) is 0 Å². The van der Waals surface area contributed by atoms with E-state index in [2.05, 4.69) is 9.88 Å². The molecule has 1 aromatic rings. The van der Waals surface area contributed by atoms with Crippen LogP contribution in [-0.4, -0.2) is 52.2 Å². The molecule has 1 aliphatic carbocycles. The zero-order valence-electron chi connectivity index (χ0n) is 13.9. The average molecular weight is 337 g/mol. The normalized spacial score (nSPS) is 22.9. The van der Waals surface area contributed by atoms with Crippen molar-refractivity contribution in [1.82, 2.24) is 9.88 Å². The molecule has 0 spiro atoms. The number of aliphatic hydroxyl groups excluding tert-OH is 1. The number of nitrogens with zero attached hydrogens (tertiary/aromatic N) is 3. The molecule has 2 heterocycles. The van der Waals surface area contributed by atoms with Crippen molar-refractivity contribution in [2.45, 2.75) is 70.1 Å². The standard InChI is InChI=1S/C17H27N3O2S/c1-13(19-10-7-15(21)8-11-19)16(22)20(17-18-9-12-23-17)14-5-3-2-4-6-14/h9,12-15,21H,2-8,10-11H2,1H3. The molecule has 2 aliphatic rings. The molecule has 1 aliphatic heterocycles. The van der Waals surface area contributed by atoms with E-state index in [1.165, 1.54) is 19.3 Å². The van der Waals surface area contributed by atoms with Crippen LogP contribution in [-0.2, 0) is 4.79 Å². The lowest BCUT2D eigenvalue weighted by atomic mass is 9.94. The molecule has 5 nitrogen and oxygen atoms in total. The number of piperidine rings is 1. The molecule has 0 bridgehead atoms. The van der Waals surface area contributed by atoms with Crippen molar-refractivity contribution in [3.05, 3.63) is 11.6 Å².